The Balaban J connectivity index is 2.78. The van der Waals surface area contributed by atoms with E-state index < -0.39 is 8.32 Å². The van der Waals surface area contributed by atoms with Crippen LogP contribution in [0.5, 0.6) is 0 Å². The third-order valence-electron chi connectivity index (χ3n) is 2.59. The summed E-state index contributed by atoms with van der Waals surface area (Å²) >= 11 is 0. The van der Waals surface area contributed by atoms with E-state index in [1.54, 1.807) is 0 Å². The smallest absolute Gasteiger partial charge is 0.244 e. The maximum absolute atomic E-state index is 5.98. The fourth-order valence-corrected chi connectivity index (χ4v) is 3.85. The van der Waals surface area contributed by atoms with Crippen molar-refractivity contribution in [2.75, 3.05) is 6.61 Å². The summed E-state index contributed by atoms with van der Waals surface area (Å²) in [7, 11) is -1.98. The van der Waals surface area contributed by atoms with Gasteiger partial charge >= 0.3 is 0 Å². The van der Waals surface area contributed by atoms with E-state index in [0.29, 0.717) is 0 Å². The van der Waals surface area contributed by atoms with Crippen LogP contribution in [0.2, 0.25) is 0 Å². The average Bonchev–Trinajstić information content (AvgIpc) is 2.36. The van der Waals surface area contributed by atoms with Gasteiger partial charge in [0.25, 0.3) is 0 Å². The van der Waals surface area contributed by atoms with Crippen LogP contribution in [-0.4, -0.2) is 14.9 Å². The van der Waals surface area contributed by atoms with Crippen LogP contribution in [0.4, 0.5) is 0 Å². The molecule has 0 spiro atoms. The Morgan fingerprint density at radius 2 is 1.81 bits per heavy atom. The molecule has 1 aromatic carbocycles. The van der Waals surface area contributed by atoms with E-state index in [9.17, 15) is 0 Å². The fourth-order valence-electron chi connectivity index (χ4n) is 1.60. The minimum Gasteiger partial charge on any atom is -0.409 e. The van der Waals surface area contributed by atoms with Crippen LogP contribution in [0.25, 0.3) is 0 Å². The molecule has 0 saturated carbocycles. The van der Waals surface area contributed by atoms with Gasteiger partial charge in [-0.25, -0.2) is 0 Å². The Labute approximate surface area is 99.6 Å². The number of hydrogen-bond acceptors (Lipinski definition) is 1. The summed E-state index contributed by atoms with van der Waals surface area (Å²) in [5.41, 5.74) is 5.25. The van der Waals surface area contributed by atoms with Crippen LogP contribution < -0.4 is 0 Å². The molecule has 0 aromatic heterocycles. The summed E-state index contributed by atoms with van der Waals surface area (Å²) in [6.07, 6.45) is 1.03. The molecule has 86 valence electrons. The monoisotopic (exact) mass is 232 g/mol. The highest BCUT2D eigenvalue weighted by atomic mass is 28.4. The van der Waals surface area contributed by atoms with Crippen molar-refractivity contribution in [1.82, 2.24) is 0 Å². The third-order valence-corrected chi connectivity index (χ3v) is 5.67. The highest BCUT2D eigenvalue weighted by molar-refractivity contribution is 6.82. The molecule has 0 N–H and O–H groups in total. The zero-order valence-electron chi connectivity index (χ0n) is 9.99. The molecule has 0 unspecified atom stereocenters. The van der Waals surface area contributed by atoms with E-state index in [1.807, 2.05) is 17.5 Å². The van der Waals surface area contributed by atoms with E-state index in [2.05, 4.69) is 44.3 Å². The quantitative estimate of drug-likeness (QED) is 0.653. The predicted molar refractivity (Wildman–Crippen MR) is 72.5 cm³/mol. The zero-order valence-corrected chi connectivity index (χ0v) is 11.0. The van der Waals surface area contributed by atoms with Gasteiger partial charge in [-0.15, -0.1) is 13.2 Å². The van der Waals surface area contributed by atoms with Crippen molar-refractivity contribution in [3.8, 4) is 0 Å². The molecule has 0 aliphatic heterocycles. The summed E-state index contributed by atoms with van der Waals surface area (Å²) in [4.78, 5) is 0. The molecular weight excluding hydrogens is 212 g/mol. The lowest BCUT2D eigenvalue weighted by Gasteiger charge is -2.24. The van der Waals surface area contributed by atoms with Gasteiger partial charge in [0.15, 0.2) is 0 Å². The number of benzene rings is 1. The first kappa shape index (κ1) is 12.9. The summed E-state index contributed by atoms with van der Waals surface area (Å²) < 4.78 is 5.98. The first-order valence-electron chi connectivity index (χ1n) is 5.71. The van der Waals surface area contributed by atoms with E-state index in [1.165, 1.54) is 5.56 Å². The number of rotatable bonds is 7. The van der Waals surface area contributed by atoms with Crippen molar-refractivity contribution in [1.29, 1.82) is 0 Å². The first-order valence-corrected chi connectivity index (χ1v) is 7.98. The van der Waals surface area contributed by atoms with Crippen LogP contribution in [0.1, 0.15) is 18.9 Å². The molecule has 0 amide bonds. The van der Waals surface area contributed by atoms with Crippen LogP contribution in [0.15, 0.2) is 54.9 Å². The molecule has 0 aliphatic carbocycles. The maximum Gasteiger partial charge on any atom is 0.244 e. The van der Waals surface area contributed by atoms with Crippen LogP contribution >= 0.6 is 0 Å². The molecular formula is C14H20OSi. The second-order valence-corrected chi connectivity index (χ2v) is 7.24. The molecule has 0 bridgehead atoms. The molecule has 0 radical (unpaired) electrons. The Hall–Kier alpha value is -1.12. The molecule has 1 nitrogen and oxygen atoms in total. The third kappa shape index (κ3) is 3.47. The normalized spacial score (nSPS) is 11.1. The lowest BCUT2D eigenvalue weighted by molar-refractivity contribution is 0.313. The molecule has 0 fully saturated rings. The van der Waals surface area contributed by atoms with Crippen molar-refractivity contribution < 1.29 is 4.43 Å². The van der Waals surface area contributed by atoms with Crippen molar-refractivity contribution in [2.24, 2.45) is 0 Å². The lowest BCUT2D eigenvalue weighted by Crippen LogP contribution is -2.37. The molecule has 2 heteroatoms. The Morgan fingerprint density at radius 1 is 1.19 bits per heavy atom. The van der Waals surface area contributed by atoms with Crippen molar-refractivity contribution >= 4 is 8.32 Å². The van der Waals surface area contributed by atoms with E-state index >= 15 is 0 Å². The molecule has 0 saturated heterocycles. The summed E-state index contributed by atoms with van der Waals surface area (Å²) in [6, 6.07) is 11.3. The topological polar surface area (TPSA) is 9.23 Å². The Morgan fingerprint density at radius 3 is 2.31 bits per heavy atom. The second-order valence-electron chi connectivity index (χ2n) is 3.87. The summed E-state index contributed by atoms with van der Waals surface area (Å²) in [5.74, 6) is 0. The van der Waals surface area contributed by atoms with Crippen molar-refractivity contribution in [3.63, 3.8) is 0 Å². The minimum absolute atomic E-state index is 0.789. The minimum atomic E-state index is -1.98. The Kier molecular flexibility index (Phi) is 5.22. The van der Waals surface area contributed by atoms with E-state index in [-0.39, 0.29) is 0 Å². The van der Waals surface area contributed by atoms with Gasteiger partial charge in [-0.2, -0.15) is 0 Å². The molecule has 0 atom stereocenters. The van der Waals surface area contributed by atoms with Gasteiger partial charge in [0.05, 0.1) is 0 Å². The highest BCUT2D eigenvalue weighted by Gasteiger charge is 2.27. The van der Waals surface area contributed by atoms with Crippen LogP contribution in [0, 0.1) is 0 Å². The van der Waals surface area contributed by atoms with Gasteiger partial charge < -0.3 is 4.43 Å². The zero-order chi connectivity index (χ0) is 11.9. The fraction of sp³-hybridized carbons (Fsp3) is 0.286. The van der Waals surface area contributed by atoms with Gasteiger partial charge in [-0.1, -0.05) is 48.7 Å². The predicted octanol–water partition coefficient (Wildman–Crippen LogP) is 3.59. The van der Waals surface area contributed by atoms with Gasteiger partial charge in [-0.05, 0) is 18.0 Å². The van der Waals surface area contributed by atoms with Crippen molar-refractivity contribution in [3.05, 3.63) is 60.5 Å². The standard InChI is InChI=1S/C14H20OSi/c1-4-12-15-16(5-2,6-3)13-14-10-8-7-9-11-14/h5-11H,2-4,12-13H2,1H3. The lowest BCUT2D eigenvalue weighted by atomic mass is 10.2. The molecule has 0 aliphatic rings. The van der Waals surface area contributed by atoms with Crippen molar-refractivity contribution in [2.45, 2.75) is 19.4 Å². The van der Waals surface area contributed by atoms with Crippen LogP contribution in [0.3, 0.4) is 0 Å². The molecule has 1 aromatic rings. The molecule has 16 heavy (non-hydrogen) atoms. The Bertz CT molecular complexity index is 324. The van der Waals surface area contributed by atoms with E-state index in [4.69, 9.17) is 4.43 Å². The largest absolute Gasteiger partial charge is 0.409 e. The maximum atomic E-state index is 5.98. The van der Waals surface area contributed by atoms with Gasteiger partial charge in [0.2, 0.25) is 8.32 Å². The first-order chi connectivity index (χ1) is 7.76. The van der Waals surface area contributed by atoms with Gasteiger partial charge in [0, 0.05) is 6.61 Å². The van der Waals surface area contributed by atoms with Crippen LogP contribution in [-0.2, 0) is 10.5 Å². The number of hydrogen-bond donors (Lipinski definition) is 0. The molecule has 1 rings (SSSR count). The van der Waals surface area contributed by atoms with Gasteiger partial charge in [-0.3, -0.25) is 0 Å². The SMILES string of the molecule is C=C[Si](C=C)(Cc1ccccc1)OCCC. The summed E-state index contributed by atoms with van der Waals surface area (Å²) in [6.45, 7) is 10.7. The highest BCUT2D eigenvalue weighted by Crippen LogP contribution is 2.16. The molecule has 0 heterocycles. The van der Waals surface area contributed by atoms with Gasteiger partial charge in [0.1, 0.15) is 0 Å². The average molecular weight is 232 g/mol. The van der Waals surface area contributed by atoms with E-state index in [0.717, 1.165) is 19.1 Å². The summed E-state index contributed by atoms with van der Waals surface area (Å²) in [5, 5.41) is 0. The second kappa shape index (κ2) is 6.46.